The van der Waals surface area contributed by atoms with E-state index in [9.17, 15) is 0 Å². The van der Waals surface area contributed by atoms with E-state index in [1.165, 1.54) is 6.42 Å². The Morgan fingerprint density at radius 2 is 2.19 bits per heavy atom. The van der Waals surface area contributed by atoms with Crippen molar-refractivity contribution in [2.45, 2.75) is 26.2 Å². The summed E-state index contributed by atoms with van der Waals surface area (Å²) in [6.45, 7) is 4.66. The van der Waals surface area contributed by atoms with Crippen molar-refractivity contribution in [1.82, 2.24) is 10.2 Å². The Morgan fingerprint density at radius 3 is 2.94 bits per heavy atom. The van der Waals surface area contributed by atoms with Crippen molar-refractivity contribution < 1.29 is 4.74 Å². The highest BCUT2D eigenvalue weighted by Gasteiger charge is 1.95. The number of ether oxygens (including phenoxy) is 1. The molecule has 0 saturated heterocycles. The maximum atomic E-state index is 5.70. The van der Waals surface area contributed by atoms with E-state index in [2.05, 4.69) is 22.4 Å². The monoisotopic (exact) mass is 243 g/mol. The molecule has 0 spiro atoms. The molecule has 0 atom stereocenters. The number of nitrogens with zero attached hydrogens (tertiary/aromatic N) is 2. The number of hydrogen-bond acceptors (Lipinski definition) is 4. The van der Waals surface area contributed by atoms with E-state index in [0.29, 0.717) is 5.15 Å². The summed E-state index contributed by atoms with van der Waals surface area (Å²) in [6.07, 6.45) is 4.95. The Bertz CT molecular complexity index is 296. The lowest BCUT2D eigenvalue weighted by Gasteiger charge is -2.06. The van der Waals surface area contributed by atoms with Crippen molar-refractivity contribution in [3.8, 4) is 0 Å². The van der Waals surface area contributed by atoms with Crippen LogP contribution in [0.5, 0.6) is 0 Å². The van der Waals surface area contributed by atoms with Gasteiger partial charge in [-0.05, 0) is 12.8 Å². The summed E-state index contributed by atoms with van der Waals surface area (Å²) in [5.41, 5.74) is 0.897. The van der Waals surface area contributed by atoms with Gasteiger partial charge in [0.25, 0.3) is 0 Å². The van der Waals surface area contributed by atoms with Crippen molar-refractivity contribution in [2.75, 3.05) is 25.1 Å². The van der Waals surface area contributed by atoms with E-state index < -0.39 is 0 Å². The molecule has 1 heterocycles. The lowest BCUT2D eigenvalue weighted by atomic mass is 10.3. The van der Waals surface area contributed by atoms with Gasteiger partial charge >= 0.3 is 0 Å². The van der Waals surface area contributed by atoms with Crippen molar-refractivity contribution in [3.05, 3.63) is 17.4 Å². The molecule has 1 N–H and O–H groups in total. The number of unbranched alkanes of at least 4 members (excludes halogenated alkanes) is 1. The molecule has 90 valence electrons. The van der Waals surface area contributed by atoms with E-state index in [1.807, 2.05) is 0 Å². The van der Waals surface area contributed by atoms with Crippen LogP contribution in [0.1, 0.15) is 26.2 Å². The van der Waals surface area contributed by atoms with Crippen molar-refractivity contribution in [1.29, 1.82) is 0 Å². The summed E-state index contributed by atoms with van der Waals surface area (Å²) in [4.78, 5) is 0. The molecular weight excluding hydrogens is 226 g/mol. The Labute approximate surface area is 101 Å². The zero-order chi connectivity index (χ0) is 11.6. The van der Waals surface area contributed by atoms with Crippen LogP contribution in [-0.2, 0) is 4.74 Å². The fourth-order valence-corrected chi connectivity index (χ4v) is 1.35. The summed E-state index contributed by atoms with van der Waals surface area (Å²) < 4.78 is 5.44. The van der Waals surface area contributed by atoms with Gasteiger partial charge in [0.2, 0.25) is 0 Å². The molecule has 16 heavy (non-hydrogen) atoms. The first-order valence-corrected chi connectivity index (χ1v) is 6.00. The Kier molecular flexibility index (Phi) is 6.85. The normalized spacial score (nSPS) is 10.4. The van der Waals surface area contributed by atoms with Crippen LogP contribution in [0.4, 0.5) is 5.69 Å². The molecule has 0 bridgehead atoms. The maximum absolute atomic E-state index is 5.70. The topological polar surface area (TPSA) is 47.0 Å². The third-order valence-corrected chi connectivity index (χ3v) is 2.25. The minimum atomic E-state index is 0.407. The molecule has 1 aromatic heterocycles. The quantitative estimate of drug-likeness (QED) is 0.714. The first kappa shape index (κ1) is 13.2. The SMILES string of the molecule is CCCCOCCCNc1cnnc(Cl)c1. The number of halogens is 1. The van der Waals surface area contributed by atoms with Crippen molar-refractivity contribution in [2.24, 2.45) is 0 Å². The molecule has 1 aromatic rings. The second kappa shape index (κ2) is 8.30. The molecular formula is C11H18ClN3O. The predicted octanol–water partition coefficient (Wildman–Crippen LogP) is 2.75. The highest BCUT2D eigenvalue weighted by Crippen LogP contribution is 2.09. The zero-order valence-corrected chi connectivity index (χ0v) is 10.3. The summed E-state index contributed by atoms with van der Waals surface area (Å²) >= 11 is 5.70. The van der Waals surface area contributed by atoms with Gasteiger partial charge in [-0.15, -0.1) is 5.10 Å². The Balaban J connectivity index is 2.03. The molecule has 5 heteroatoms. The number of anilines is 1. The Morgan fingerprint density at radius 1 is 1.38 bits per heavy atom. The van der Waals surface area contributed by atoms with Crippen molar-refractivity contribution >= 4 is 17.3 Å². The Hall–Kier alpha value is -0.870. The van der Waals surface area contributed by atoms with Gasteiger partial charge in [-0.1, -0.05) is 24.9 Å². The molecule has 0 aromatic carbocycles. The predicted molar refractivity (Wildman–Crippen MR) is 65.9 cm³/mol. The third kappa shape index (κ3) is 5.88. The maximum Gasteiger partial charge on any atom is 0.153 e. The average molecular weight is 244 g/mol. The fourth-order valence-electron chi connectivity index (χ4n) is 1.19. The molecule has 4 nitrogen and oxygen atoms in total. The second-order valence-electron chi connectivity index (χ2n) is 3.51. The first-order chi connectivity index (χ1) is 7.83. The molecule has 0 saturated carbocycles. The smallest absolute Gasteiger partial charge is 0.153 e. The van der Waals surface area contributed by atoms with Gasteiger partial charge in [0, 0.05) is 25.8 Å². The van der Waals surface area contributed by atoms with Crippen LogP contribution in [0.25, 0.3) is 0 Å². The van der Waals surface area contributed by atoms with E-state index in [4.69, 9.17) is 16.3 Å². The molecule has 0 amide bonds. The summed E-state index contributed by atoms with van der Waals surface area (Å²) in [6, 6.07) is 1.76. The van der Waals surface area contributed by atoms with Crippen LogP contribution in [-0.4, -0.2) is 30.0 Å². The van der Waals surface area contributed by atoms with Crippen molar-refractivity contribution in [3.63, 3.8) is 0 Å². The third-order valence-electron chi connectivity index (χ3n) is 2.06. The van der Waals surface area contributed by atoms with Crippen LogP contribution in [0, 0.1) is 0 Å². The van der Waals surface area contributed by atoms with E-state index in [1.54, 1.807) is 12.3 Å². The van der Waals surface area contributed by atoms with Gasteiger partial charge < -0.3 is 10.1 Å². The first-order valence-electron chi connectivity index (χ1n) is 5.62. The minimum Gasteiger partial charge on any atom is -0.384 e. The number of nitrogens with one attached hydrogen (secondary N) is 1. The van der Waals surface area contributed by atoms with E-state index >= 15 is 0 Å². The number of rotatable bonds is 8. The molecule has 0 aliphatic rings. The number of aromatic nitrogens is 2. The van der Waals surface area contributed by atoms with E-state index in [-0.39, 0.29) is 0 Å². The van der Waals surface area contributed by atoms with Gasteiger partial charge in [0.15, 0.2) is 5.15 Å². The van der Waals surface area contributed by atoms with Gasteiger partial charge in [0.1, 0.15) is 0 Å². The van der Waals surface area contributed by atoms with Crippen LogP contribution < -0.4 is 5.32 Å². The van der Waals surface area contributed by atoms with Gasteiger partial charge in [-0.2, -0.15) is 5.10 Å². The van der Waals surface area contributed by atoms with Gasteiger partial charge in [-0.3, -0.25) is 0 Å². The lowest BCUT2D eigenvalue weighted by molar-refractivity contribution is 0.131. The highest BCUT2D eigenvalue weighted by atomic mass is 35.5. The van der Waals surface area contributed by atoms with Crippen LogP contribution in [0.15, 0.2) is 12.3 Å². The molecule has 0 fully saturated rings. The zero-order valence-electron chi connectivity index (χ0n) is 9.58. The van der Waals surface area contributed by atoms with Crippen LogP contribution in [0.3, 0.4) is 0 Å². The summed E-state index contributed by atoms with van der Waals surface area (Å²) in [5.74, 6) is 0. The lowest BCUT2D eigenvalue weighted by Crippen LogP contribution is -2.06. The molecule has 0 unspecified atom stereocenters. The number of hydrogen-bond donors (Lipinski definition) is 1. The molecule has 0 radical (unpaired) electrons. The summed E-state index contributed by atoms with van der Waals surface area (Å²) in [5, 5.41) is 11.0. The summed E-state index contributed by atoms with van der Waals surface area (Å²) in [7, 11) is 0. The molecule has 0 aliphatic heterocycles. The van der Waals surface area contributed by atoms with Crippen LogP contribution >= 0.6 is 11.6 Å². The second-order valence-corrected chi connectivity index (χ2v) is 3.90. The molecule has 0 aliphatic carbocycles. The largest absolute Gasteiger partial charge is 0.384 e. The molecule has 1 rings (SSSR count). The standard InChI is InChI=1S/C11H18ClN3O/c1-2-3-6-16-7-4-5-13-10-8-11(12)15-14-9-10/h8-9H,2-7H2,1H3,(H,13,15). The van der Waals surface area contributed by atoms with Crippen LogP contribution in [0.2, 0.25) is 5.15 Å². The van der Waals surface area contributed by atoms with E-state index in [0.717, 1.165) is 38.3 Å². The van der Waals surface area contributed by atoms with Gasteiger partial charge in [0.05, 0.1) is 11.9 Å². The fraction of sp³-hybridized carbons (Fsp3) is 0.636. The highest BCUT2D eigenvalue weighted by molar-refractivity contribution is 6.29. The van der Waals surface area contributed by atoms with Gasteiger partial charge in [-0.25, -0.2) is 0 Å². The average Bonchev–Trinajstić information content (AvgIpc) is 2.28. The minimum absolute atomic E-state index is 0.407.